The minimum atomic E-state index is -0.293. The zero-order valence-electron chi connectivity index (χ0n) is 5.92. The van der Waals surface area contributed by atoms with Crippen molar-refractivity contribution in [3.05, 3.63) is 10.00 Å². The maximum atomic E-state index is 10.6. The predicted molar refractivity (Wildman–Crippen MR) is 47.1 cm³/mol. The molecule has 58 valence electrons. The van der Waals surface area contributed by atoms with Crippen molar-refractivity contribution in [2.45, 2.75) is 20.3 Å². The van der Waals surface area contributed by atoms with Gasteiger partial charge >= 0.3 is 5.97 Å². The van der Waals surface area contributed by atoms with E-state index in [9.17, 15) is 4.79 Å². The Morgan fingerprint density at radius 1 is 1.50 bits per heavy atom. The molecule has 0 aliphatic carbocycles. The monoisotopic (exact) mass is 178 g/mol. The van der Waals surface area contributed by atoms with E-state index in [1.54, 1.807) is 13.8 Å². The van der Waals surface area contributed by atoms with Crippen LogP contribution in [0.1, 0.15) is 20.3 Å². The van der Waals surface area contributed by atoms with Crippen LogP contribution in [0.3, 0.4) is 0 Å². The second-order valence-corrected chi connectivity index (χ2v) is 2.80. The second kappa shape index (κ2) is 4.68. The lowest BCUT2D eigenvalue weighted by Gasteiger charge is -2.01. The molecule has 0 aromatic carbocycles. The predicted octanol–water partition coefficient (Wildman–Crippen LogP) is 1.99. The van der Waals surface area contributed by atoms with E-state index in [2.05, 4.69) is 30.0 Å². The number of ether oxygens (including phenoxy) is 1. The molecule has 0 fully saturated rings. The van der Waals surface area contributed by atoms with Crippen LogP contribution in [0.15, 0.2) is 10.00 Å². The molecule has 0 N–H and O–H groups in total. The van der Waals surface area contributed by atoms with Crippen LogP contribution >= 0.6 is 25.3 Å². The third kappa shape index (κ3) is 3.85. The molecule has 0 saturated heterocycles. The minimum Gasteiger partial charge on any atom is -0.419 e. The van der Waals surface area contributed by atoms with Gasteiger partial charge in [0.1, 0.15) is 0 Å². The van der Waals surface area contributed by atoms with Crippen molar-refractivity contribution in [2.24, 2.45) is 0 Å². The Bertz CT molecular complexity index is 159. The number of hydrogen-bond acceptors (Lipinski definition) is 4. The molecule has 0 unspecified atom stereocenters. The van der Waals surface area contributed by atoms with Crippen molar-refractivity contribution in [2.75, 3.05) is 0 Å². The van der Waals surface area contributed by atoms with E-state index in [0.29, 0.717) is 11.3 Å². The Kier molecular flexibility index (Phi) is 4.64. The first-order valence-corrected chi connectivity index (χ1v) is 3.76. The minimum absolute atomic E-state index is 0.273. The summed E-state index contributed by atoms with van der Waals surface area (Å²) >= 11 is 7.81. The summed E-state index contributed by atoms with van der Waals surface area (Å²) in [7, 11) is 0. The standard InChI is InChI=1S/C6H10O2S2/c1-3-5(7)8-6(10)4(2)9/h9-10H,3H2,1-2H3/b6-4+. The fraction of sp³-hybridized carbons (Fsp3) is 0.500. The molecule has 0 aromatic heterocycles. The van der Waals surface area contributed by atoms with Gasteiger partial charge in [-0.2, -0.15) is 0 Å². The van der Waals surface area contributed by atoms with Crippen LogP contribution < -0.4 is 0 Å². The molecule has 0 heterocycles. The molecule has 2 nitrogen and oxygen atoms in total. The van der Waals surface area contributed by atoms with Crippen molar-refractivity contribution in [3.8, 4) is 0 Å². The Labute approximate surface area is 71.5 Å². The van der Waals surface area contributed by atoms with Gasteiger partial charge in [-0.1, -0.05) is 6.92 Å². The van der Waals surface area contributed by atoms with Gasteiger partial charge in [0, 0.05) is 11.3 Å². The van der Waals surface area contributed by atoms with E-state index in [0.717, 1.165) is 0 Å². The molecule has 0 bridgehead atoms. The Hall–Kier alpha value is -0.0900. The van der Waals surface area contributed by atoms with Crippen LogP contribution in [0, 0.1) is 0 Å². The summed E-state index contributed by atoms with van der Waals surface area (Å²) in [5.41, 5.74) is 0. The van der Waals surface area contributed by atoms with E-state index < -0.39 is 0 Å². The first kappa shape index (κ1) is 9.91. The largest absolute Gasteiger partial charge is 0.419 e. The smallest absolute Gasteiger partial charge is 0.311 e. The fourth-order valence-electron chi connectivity index (χ4n) is 0.254. The lowest BCUT2D eigenvalue weighted by Crippen LogP contribution is -1.99. The fourth-order valence-corrected chi connectivity index (χ4v) is 0.401. The number of carbonyl (C=O) groups excluding carboxylic acids is 1. The molecule has 0 saturated carbocycles. The van der Waals surface area contributed by atoms with Gasteiger partial charge in [-0.15, -0.1) is 25.3 Å². The molecule has 0 amide bonds. The molecule has 0 rings (SSSR count). The van der Waals surface area contributed by atoms with E-state index in [-0.39, 0.29) is 11.1 Å². The Morgan fingerprint density at radius 2 is 2.00 bits per heavy atom. The molecule has 0 aromatic rings. The summed E-state index contributed by atoms with van der Waals surface area (Å²) in [5, 5.41) is 0.273. The van der Waals surface area contributed by atoms with Crippen LogP contribution in [0.4, 0.5) is 0 Å². The van der Waals surface area contributed by atoms with Gasteiger partial charge < -0.3 is 4.74 Å². The summed E-state index contributed by atoms with van der Waals surface area (Å²) in [6.45, 7) is 3.42. The number of rotatable bonds is 2. The van der Waals surface area contributed by atoms with Gasteiger partial charge in [0.15, 0.2) is 5.09 Å². The van der Waals surface area contributed by atoms with E-state index in [1.165, 1.54) is 0 Å². The summed E-state index contributed by atoms with van der Waals surface area (Å²) in [6.07, 6.45) is 0.352. The molecule has 10 heavy (non-hydrogen) atoms. The van der Waals surface area contributed by atoms with Crippen molar-refractivity contribution in [1.82, 2.24) is 0 Å². The van der Waals surface area contributed by atoms with Gasteiger partial charge in [0.05, 0.1) is 0 Å². The maximum Gasteiger partial charge on any atom is 0.311 e. The number of carbonyl (C=O) groups is 1. The van der Waals surface area contributed by atoms with Crippen LogP contribution in [-0.4, -0.2) is 5.97 Å². The molecular formula is C6H10O2S2. The van der Waals surface area contributed by atoms with Crippen LogP contribution in [0.2, 0.25) is 0 Å². The SMILES string of the molecule is CCC(=O)O/C(S)=C(/C)S. The molecule has 0 atom stereocenters. The zero-order valence-corrected chi connectivity index (χ0v) is 7.71. The average molecular weight is 178 g/mol. The molecule has 4 heteroatoms. The van der Waals surface area contributed by atoms with Crippen molar-refractivity contribution in [1.29, 1.82) is 0 Å². The van der Waals surface area contributed by atoms with Gasteiger partial charge in [0.25, 0.3) is 0 Å². The highest BCUT2D eigenvalue weighted by molar-refractivity contribution is 7.88. The van der Waals surface area contributed by atoms with Gasteiger partial charge in [0.2, 0.25) is 0 Å². The highest BCUT2D eigenvalue weighted by Crippen LogP contribution is 2.13. The first-order valence-electron chi connectivity index (χ1n) is 2.87. The summed E-state index contributed by atoms with van der Waals surface area (Å²) in [5.74, 6) is -0.293. The molecular weight excluding hydrogens is 168 g/mol. The number of hydrogen-bond donors (Lipinski definition) is 2. The quantitative estimate of drug-likeness (QED) is 0.384. The second-order valence-electron chi connectivity index (χ2n) is 1.72. The molecule has 0 radical (unpaired) electrons. The lowest BCUT2D eigenvalue weighted by molar-refractivity contribution is -0.138. The summed E-state index contributed by atoms with van der Waals surface area (Å²) in [6, 6.07) is 0. The Morgan fingerprint density at radius 3 is 2.30 bits per heavy atom. The topological polar surface area (TPSA) is 26.3 Å². The third-order valence-electron chi connectivity index (χ3n) is 0.809. The van der Waals surface area contributed by atoms with Crippen molar-refractivity contribution >= 4 is 31.2 Å². The summed E-state index contributed by atoms with van der Waals surface area (Å²) in [4.78, 5) is 11.2. The Balaban J connectivity index is 3.92. The van der Waals surface area contributed by atoms with Crippen molar-refractivity contribution in [3.63, 3.8) is 0 Å². The highest BCUT2D eigenvalue weighted by atomic mass is 32.1. The van der Waals surface area contributed by atoms with E-state index in [1.807, 2.05) is 0 Å². The lowest BCUT2D eigenvalue weighted by atomic mass is 10.5. The van der Waals surface area contributed by atoms with Gasteiger partial charge in [-0.25, -0.2) is 0 Å². The van der Waals surface area contributed by atoms with Crippen LogP contribution in [0.25, 0.3) is 0 Å². The number of esters is 1. The zero-order chi connectivity index (χ0) is 8.15. The first-order chi connectivity index (χ1) is 4.57. The van der Waals surface area contributed by atoms with Gasteiger partial charge in [-0.05, 0) is 6.92 Å². The molecule has 0 aliphatic heterocycles. The van der Waals surface area contributed by atoms with Crippen LogP contribution in [-0.2, 0) is 9.53 Å². The summed E-state index contributed by atoms with van der Waals surface area (Å²) < 4.78 is 4.69. The normalized spacial score (nSPS) is 12.4. The third-order valence-corrected chi connectivity index (χ3v) is 1.61. The molecule has 0 aliphatic rings. The van der Waals surface area contributed by atoms with Crippen molar-refractivity contribution < 1.29 is 9.53 Å². The molecule has 0 spiro atoms. The average Bonchev–Trinajstić information content (AvgIpc) is 1.87. The number of allylic oxidation sites excluding steroid dienone is 1. The van der Waals surface area contributed by atoms with Gasteiger partial charge in [-0.3, -0.25) is 4.79 Å². The van der Waals surface area contributed by atoms with E-state index in [4.69, 9.17) is 0 Å². The highest BCUT2D eigenvalue weighted by Gasteiger charge is 2.01. The van der Waals surface area contributed by atoms with Crippen LogP contribution in [0.5, 0.6) is 0 Å². The maximum absolute atomic E-state index is 10.6. The van der Waals surface area contributed by atoms with E-state index >= 15 is 0 Å². The number of thiol groups is 2.